The molecule has 0 heterocycles. The standard InChI is InChI=1S/C20H21NO3/c1-14-4-7-17(8-5-14)9-11-20(23)24-13-19(22)21-18-10-6-15(2)12-16(18)3/h4-12H,13H2,1-3H3,(H,21,22). The van der Waals surface area contributed by atoms with Crippen LogP contribution in [0.4, 0.5) is 5.69 Å². The summed E-state index contributed by atoms with van der Waals surface area (Å²) in [5, 5.41) is 2.73. The first-order valence-corrected chi connectivity index (χ1v) is 7.72. The van der Waals surface area contributed by atoms with Crippen molar-refractivity contribution in [3.05, 3.63) is 70.8 Å². The minimum Gasteiger partial charge on any atom is -0.452 e. The summed E-state index contributed by atoms with van der Waals surface area (Å²) >= 11 is 0. The van der Waals surface area contributed by atoms with Crippen molar-refractivity contribution in [3.8, 4) is 0 Å². The quantitative estimate of drug-likeness (QED) is 0.672. The Balaban J connectivity index is 1.82. The van der Waals surface area contributed by atoms with E-state index < -0.39 is 5.97 Å². The van der Waals surface area contributed by atoms with Crippen molar-refractivity contribution in [1.82, 2.24) is 0 Å². The Kier molecular flexibility index (Phi) is 5.90. The average molecular weight is 323 g/mol. The minimum atomic E-state index is -0.550. The lowest BCUT2D eigenvalue weighted by atomic mass is 10.1. The fourth-order valence-electron chi connectivity index (χ4n) is 2.17. The lowest BCUT2D eigenvalue weighted by Crippen LogP contribution is -2.20. The summed E-state index contributed by atoms with van der Waals surface area (Å²) in [7, 11) is 0. The molecule has 2 rings (SSSR count). The number of carbonyl (C=O) groups excluding carboxylic acids is 2. The Labute approximate surface area is 142 Å². The zero-order valence-corrected chi connectivity index (χ0v) is 14.1. The van der Waals surface area contributed by atoms with Crippen molar-refractivity contribution in [1.29, 1.82) is 0 Å². The molecule has 0 spiro atoms. The highest BCUT2D eigenvalue weighted by molar-refractivity contribution is 5.95. The molecule has 0 bridgehead atoms. The van der Waals surface area contributed by atoms with Gasteiger partial charge >= 0.3 is 5.97 Å². The number of carbonyl (C=O) groups is 2. The van der Waals surface area contributed by atoms with Gasteiger partial charge in [-0.05, 0) is 44.0 Å². The van der Waals surface area contributed by atoms with Crippen LogP contribution in [0.3, 0.4) is 0 Å². The van der Waals surface area contributed by atoms with Crippen LogP contribution >= 0.6 is 0 Å². The van der Waals surface area contributed by atoms with Gasteiger partial charge in [0.2, 0.25) is 0 Å². The molecule has 2 aromatic carbocycles. The van der Waals surface area contributed by atoms with E-state index in [0.29, 0.717) is 0 Å². The molecule has 0 aliphatic heterocycles. The maximum atomic E-state index is 11.9. The van der Waals surface area contributed by atoms with Crippen LogP contribution in [-0.4, -0.2) is 18.5 Å². The summed E-state index contributed by atoms with van der Waals surface area (Å²) in [6, 6.07) is 13.5. The largest absolute Gasteiger partial charge is 0.452 e. The Bertz CT molecular complexity index is 761. The highest BCUT2D eigenvalue weighted by Gasteiger charge is 2.07. The highest BCUT2D eigenvalue weighted by atomic mass is 16.5. The summed E-state index contributed by atoms with van der Waals surface area (Å²) in [4.78, 5) is 23.5. The number of ether oxygens (including phenoxy) is 1. The fraction of sp³-hybridized carbons (Fsp3) is 0.200. The molecule has 0 aliphatic carbocycles. The van der Waals surface area contributed by atoms with E-state index in [9.17, 15) is 9.59 Å². The van der Waals surface area contributed by atoms with Crippen molar-refractivity contribution >= 4 is 23.6 Å². The summed E-state index contributed by atoms with van der Waals surface area (Å²) in [6.45, 7) is 5.58. The van der Waals surface area contributed by atoms with E-state index >= 15 is 0 Å². The first-order chi connectivity index (χ1) is 11.4. The van der Waals surface area contributed by atoms with Crippen LogP contribution in [0.15, 0.2) is 48.5 Å². The number of benzene rings is 2. The van der Waals surface area contributed by atoms with E-state index in [1.807, 2.05) is 63.2 Å². The monoisotopic (exact) mass is 323 g/mol. The predicted molar refractivity (Wildman–Crippen MR) is 95.7 cm³/mol. The van der Waals surface area contributed by atoms with E-state index in [-0.39, 0.29) is 12.5 Å². The third-order valence-electron chi connectivity index (χ3n) is 3.49. The molecule has 2 aromatic rings. The van der Waals surface area contributed by atoms with Gasteiger partial charge in [0.25, 0.3) is 5.91 Å². The van der Waals surface area contributed by atoms with Crippen LogP contribution < -0.4 is 5.32 Å². The van der Waals surface area contributed by atoms with E-state index in [4.69, 9.17) is 4.74 Å². The summed E-state index contributed by atoms with van der Waals surface area (Å²) in [5.74, 6) is -0.912. The topological polar surface area (TPSA) is 55.4 Å². The van der Waals surface area contributed by atoms with Crippen LogP contribution in [0.5, 0.6) is 0 Å². The molecule has 0 radical (unpaired) electrons. The molecule has 0 unspecified atom stereocenters. The minimum absolute atomic E-state index is 0.315. The van der Waals surface area contributed by atoms with E-state index in [1.165, 1.54) is 6.08 Å². The molecule has 124 valence electrons. The number of amides is 1. The molecular formula is C20H21NO3. The van der Waals surface area contributed by atoms with Gasteiger partial charge in [-0.2, -0.15) is 0 Å². The van der Waals surface area contributed by atoms with Crippen LogP contribution in [0, 0.1) is 20.8 Å². The number of nitrogens with one attached hydrogen (secondary N) is 1. The Morgan fingerprint density at radius 3 is 2.33 bits per heavy atom. The first-order valence-electron chi connectivity index (χ1n) is 7.72. The predicted octanol–water partition coefficient (Wildman–Crippen LogP) is 3.81. The SMILES string of the molecule is Cc1ccc(C=CC(=O)OCC(=O)Nc2ccc(C)cc2C)cc1. The average Bonchev–Trinajstić information content (AvgIpc) is 2.55. The van der Waals surface area contributed by atoms with E-state index in [1.54, 1.807) is 6.08 Å². The number of esters is 1. The highest BCUT2D eigenvalue weighted by Crippen LogP contribution is 2.15. The molecule has 0 atom stereocenters. The molecule has 0 aliphatic rings. The second-order valence-electron chi connectivity index (χ2n) is 5.72. The normalized spacial score (nSPS) is 10.6. The molecule has 1 amide bonds. The molecule has 0 aromatic heterocycles. The molecule has 0 fully saturated rings. The first kappa shape index (κ1) is 17.5. The van der Waals surface area contributed by atoms with Crippen molar-refractivity contribution in [2.75, 3.05) is 11.9 Å². The van der Waals surface area contributed by atoms with Crippen molar-refractivity contribution in [2.24, 2.45) is 0 Å². The van der Waals surface area contributed by atoms with Crippen molar-refractivity contribution < 1.29 is 14.3 Å². The van der Waals surface area contributed by atoms with Gasteiger partial charge in [0.05, 0.1) is 0 Å². The lowest BCUT2D eigenvalue weighted by Gasteiger charge is -2.09. The Hall–Kier alpha value is -2.88. The van der Waals surface area contributed by atoms with Gasteiger partial charge in [0.1, 0.15) is 0 Å². The van der Waals surface area contributed by atoms with Gasteiger partial charge in [-0.25, -0.2) is 4.79 Å². The summed E-state index contributed by atoms with van der Waals surface area (Å²) < 4.78 is 4.95. The van der Waals surface area contributed by atoms with Crippen molar-refractivity contribution in [3.63, 3.8) is 0 Å². The zero-order valence-electron chi connectivity index (χ0n) is 14.1. The zero-order chi connectivity index (χ0) is 17.5. The fourth-order valence-corrected chi connectivity index (χ4v) is 2.17. The second kappa shape index (κ2) is 8.11. The Morgan fingerprint density at radius 2 is 1.67 bits per heavy atom. The Morgan fingerprint density at radius 1 is 1.00 bits per heavy atom. The number of rotatable bonds is 5. The van der Waals surface area contributed by atoms with E-state index in [0.717, 1.165) is 27.9 Å². The lowest BCUT2D eigenvalue weighted by molar-refractivity contribution is -0.142. The molecule has 4 heteroatoms. The summed E-state index contributed by atoms with van der Waals surface area (Å²) in [5.41, 5.74) is 4.86. The van der Waals surface area contributed by atoms with Gasteiger partial charge in [-0.15, -0.1) is 0 Å². The molecule has 0 saturated carbocycles. The van der Waals surface area contributed by atoms with Gasteiger partial charge in [0.15, 0.2) is 6.61 Å². The smallest absolute Gasteiger partial charge is 0.331 e. The molecule has 4 nitrogen and oxygen atoms in total. The van der Waals surface area contributed by atoms with Crippen LogP contribution in [-0.2, 0) is 14.3 Å². The van der Waals surface area contributed by atoms with Gasteiger partial charge in [-0.3, -0.25) is 4.79 Å². The maximum Gasteiger partial charge on any atom is 0.331 e. The van der Waals surface area contributed by atoms with Gasteiger partial charge < -0.3 is 10.1 Å². The maximum absolute atomic E-state index is 11.9. The molecule has 0 saturated heterocycles. The van der Waals surface area contributed by atoms with Gasteiger partial charge in [0, 0.05) is 11.8 Å². The van der Waals surface area contributed by atoms with Crippen LogP contribution in [0.25, 0.3) is 6.08 Å². The van der Waals surface area contributed by atoms with Gasteiger partial charge in [-0.1, -0.05) is 47.5 Å². The molecule has 1 N–H and O–H groups in total. The second-order valence-corrected chi connectivity index (χ2v) is 5.72. The summed E-state index contributed by atoms with van der Waals surface area (Å²) in [6.07, 6.45) is 2.97. The van der Waals surface area contributed by atoms with E-state index in [2.05, 4.69) is 5.32 Å². The molecular weight excluding hydrogens is 302 g/mol. The third-order valence-corrected chi connectivity index (χ3v) is 3.49. The number of aryl methyl sites for hydroxylation is 3. The number of hydrogen-bond donors (Lipinski definition) is 1. The van der Waals surface area contributed by atoms with Crippen molar-refractivity contribution in [2.45, 2.75) is 20.8 Å². The third kappa shape index (κ3) is 5.39. The molecule has 24 heavy (non-hydrogen) atoms. The van der Waals surface area contributed by atoms with Crippen LogP contribution in [0.1, 0.15) is 22.3 Å². The number of anilines is 1. The number of hydrogen-bond acceptors (Lipinski definition) is 3. The van der Waals surface area contributed by atoms with Crippen LogP contribution in [0.2, 0.25) is 0 Å².